The third-order valence-electron chi connectivity index (χ3n) is 13.2. The molecule has 0 aliphatic carbocycles. The Kier molecular flexibility index (Phi) is 59.4. The largest absolute Gasteiger partial charge is 0.472 e. The van der Waals surface area contributed by atoms with Gasteiger partial charge in [0.05, 0.1) is 27.7 Å². The number of nitrogens with zero attached hydrogens (tertiary/aromatic N) is 1. The zero-order valence-corrected chi connectivity index (χ0v) is 54.7. The zero-order chi connectivity index (χ0) is 61.2. The number of hydrogen-bond acceptors (Lipinski definition) is 7. The number of likely N-dealkylation sites (N-methyl/N-ethyl adjacent to an activating group) is 1. The van der Waals surface area contributed by atoms with Gasteiger partial charge in [-0.25, -0.2) is 4.57 Å². The van der Waals surface area contributed by atoms with Crippen molar-refractivity contribution in [2.45, 2.75) is 238 Å². The molecule has 0 aromatic rings. The van der Waals surface area contributed by atoms with Crippen LogP contribution in [-0.2, 0) is 32.7 Å². The van der Waals surface area contributed by atoms with Gasteiger partial charge < -0.3 is 18.9 Å². The molecular formula is C74H121NO8P+. The predicted octanol–water partition coefficient (Wildman–Crippen LogP) is 21.4. The van der Waals surface area contributed by atoms with E-state index in [-0.39, 0.29) is 26.1 Å². The Balaban J connectivity index is 4.14. The van der Waals surface area contributed by atoms with Gasteiger partial charge in [0.15, 0.2) is 6.10 Å². The van der Waals surface area contributed by atoms with Gasteiger partial charge in [0.1, 0.15) is 19.8 Å². The van der Waals surface area contributed by atoms with Crippen LogP contribution in [0.5, 0.6) is 0 Å². The minimum absolute atomic E-state index is 0.0188. The van der Waals surface area contributed by atoms with Crippen LogP contribution in [0.15, 0.2) is 170 Å². The maximum absolute atomic E-state index is 12.9. The molecule has 0 rings (SSSR count). The zero-order valence-electron chi connectivity index (χ0n) is 53.8. The maximum atomic E-state index is 12.9. The Morgan fingerprint density at radius 2 is 0.643 bits per heavy atom. The third-order valence-corrected chi connectivity index (χ3v) is 14.2. The van der Waals surface area contributed by atoms with Crippen LogP contribution in [0.3, 0.4) is 0 Å². The van der Waals surface area contributed by atoms with E-state index < -0.39 is 32.5 Å². The van der Waals surface area contributed by atoms with Crippen molar-refractivity contribution >= 4 is 19.8 Å². The summed E-state index contributed by atoms with van der Waals surface area (Å²) < 4.78 is 34.6. The number of phosphoric acid groups is 1. The van der Waals surface area contributed by atoms with Crippen LogP contribution >= 0.6 is 7.82 Å². The molecule has 10 heteroatoms. The molecule has 0 aromatic heterocycles. The summed E-state index contributed by atoms with van der Waals surface area (Å²) in [5.74, 6) is -0.834. The minimum atomic E-state index is -4.41. The highest BCUT2D eigenvalue weighted by Gasteiger charge is 2.27. The first-order chi connectivity index (χ1) is 41.0. The van der Waals surface area contributed by atoms with Gasteiger partial charge in [0.2, 0.25) is 0 Å². The molecule has 0 radical (unpaired) electrons. The second kappa shape index (κ2) is 62.9. The molecule has 0 aliphatic heterocycles. The Morgan fingerprint density at radius 3 is 0.952 bits per heavy atom. The van der Waals surface area contributed by atoms with Crippen molar-refractivity contribution in [2.24, 2.45) is 0 Å². The van der Waals surface area contributed by atoms with Gasteiger partial charge in [0.25, 0.3) is 0 Å². The molecule has 474 valence electrons. The van der Waals surface area contributed by atoms with E-state index in [0.717, 1.165) is 148 Å². The lowest BCUT2D eigenvalue weighted by Gasteiger charge is -2.24. The average Bonchev–Trinajstić information content (AvgIpc) is 3.61. The van der Waals surface area contributed by atoms with Crippen molar-refractivity contribution in [3.8, 4) is 0 Å². The van der Waals surface area contributed by atoms with E-state index in [1.54, 1.807) is 0 Å². The van der Waals surface area contributed by atoms with Crippen molar-refractivity contribution in [3.63, 3.8) is 0 Å². The Labute approximate surface area is 515 Å². The molecule has 0 amide bonds. The standard InChI is InChI=1S/C74H120NO8P/c1-6-8-10-12-14-16-18-20-22-24-26-28-29-30-31-32-33-34-35-36-37-38-39-40-41-42-43-44-45-47-49-51-53-55-57-59-61-63-65-67-74(77)83-72(71-82-84(78,79)81-69-68-75(3,4)5)70-80-73(76)66-64-62-60-58-56-54-52-50-48-46-27-25-23-21-19-17-15-13-11-9-7-2/h8-11,14-17,20-23,26-28,30-31,33-34,36-37,39-40,42-43,46,50,52,72H,6-7,12-13,18-19,24-25,29,32,35,38,41,44-45,47-49,51,53-71H2,1-5H3/p+1/b10-8-,11-9-,16-14-,17-15-,22-20-,23-21-,28-26-,31-30-,34-33-,37-36-,40-39-,43-42-,46-27-,52-50-. The summed E-state index contributed by atoms with van der Waals surface area (Å²) in [6, 6.07) is 0. The Hall–Kier alpha value is -4.63. The summed E-state index contributed by atoms with van der Waals surface area (Å²) >= 11 is 0. The van der Waals surface area contributed by atoms with Crippen molar-refractivity contribution in [1.82, 2.24) is 0 Å². The van der Waals surface area contributed by atoms with Crippen LogP contribution in [0.4, 0.5) is 0 Å². The van der Waals surface area contributed by atoms with Gasteiger partial charge in [-0.1, -0.05) is 261 Å². The van der Waals surface area contributed by atoms with Gasteiger partial charge in [0, 0.05) is 12.8 Å². The summed E-state index contributed by atoms with van der Waals surface area (Å²) in [7, 11) is 1.44. The van der Waals surface area contributed by atoms with Crippen molar-refractivity contribution in [3.05, 3.63) is 170 Å². The number of ether oxygens (including phenoxy) is 2. The van der Waals surface area contributed by atoms with E-state index in [1.807, 2.05) is 21.1 Å². The van der Waals surface area contributed by atoms with Crippen molar-refractivity contribution in [2.75, 3.05) is 47.5 Å². The number of hydrogen-bond donors (Lipinski definition) is 1. The number of esters is 2. The number of carbonyl (C=O) groups excluding carboxylic acids is 2. The minimum Gasteiger partial charge on any atom is -0.462 e. The second-order valence-corrected chi connectivity index (χ2v) is 23.8. The lowest BCUT2D eigenvalue weighted by Crippen LogP contribution is -2.37. The van der Waals surface area contributed by atoms with Gasteiger partial charge in [-0.15, -0.1) is 0 Å². The number of allylic oxidation sites excluding steroid dienone is 28. The topological polar surface area (TPSA) is 108 Å². The first-order valence-corrected chi connectivity index (χ1v) is 34.4. The highest BCUT2D eigenvalue weighted by atomic mass is 31.2. The monoisotopic (exact) mass is 1180 g/mol. The van der Waals surface area contributed by atoms with Gasteiger partial charge >= 0.3 is 19.8 Å². The lowest BCUT2D eigenvalue weighted by molar-refractivity contribution is -0.870. The highest BCUT2D eigenvalue weighted by Crippen LogP contribution is 2.43. The Morgan fingerprint density at radius 1 is 0.369 bits per heavy atom. The van der Waals surface area contributed by atoms with Crippen LogP contribution in [0.1, 0.15) is 232 Å². The molecule has 0 heterocycles. The van der Waals surface area contributed by atoms with Gasteiger partial charge in [-0.05, 0) is 128 Å². The molecule has 2 atom stereocenters. The SMILES string of the molecule is CC/C=C\C/C=C\C/C=C\C/C=C\C/C=C\C/C=C\C/C=C\C/C=C\C/C=C\CCCCCCCCCCCCCC(=O)OC(COC(=O)CCCCCCC/C=C\C/C=C\C/C=C\C/C=C\C/C=C\CC)COP(=O)(O)OCC[N+](C)(C)C. The van der Waals surface area contributed by atoms with E-state index in [2.05, 4.69) is 184 Å². The molecule has 0 aromatic carbocycles. The molecule has 0 fully saturated rings. The molecular weight excluding hydrogens is 1060 g/mol. The number of carbonyl (C=O) groups is 2. The van der Waals surface area contributed by atoms with Crippen LogP contribution in [0.2, 0.25) is 0 Å². The summed E-state index contributed by atoms with van der Waals surface area (Å²) in [6.07, 6.45) is 95.8. The fourth-order valence-corrected chi connectivity index (χ4v) is 9.01. The average molecular weight is 1180 g/mol. The first-order valence-electron chi connectivity index (χ1n) is 32.9. The molecule has 84 heavy (non-hydrogen) atoms. The maximum Gasteiger partial charge on any atom is 0.472 e. The Bertz CT molecular complexity index is 2020. The number of quaternary nitrogens is 1. The van der Waals surface area contributed by atoms with E-state index >= 15 is 0 Å². The van der Waals surface area contributed by atoms with E-state index in [0.29, 0.717) is 23.9 Å². The number of rotatable bonds is 58. The molecule has 9 nitrogen and oxygen atoms in total. The molecule has 0 saturated heterocycles. The summed E-state index contributed by atoms with van der Waals surface area (Å²) in [5.41, 5.74) is 0. The molecule has 0 aliphatic rings. The normalized spacial score (nSPS) is 14.3. The van der Waals surface area contributed by atoms with Crippen LogP contribution in [0.25, 0.3) is 0 Å². The van der Waals surface area contributed by atoms with E-state index in [9.17, 15) is 19.0 Å². The summed E-state index contributed by atoms with van der Waals surface area (Å²) in [4.78, 5) is 35.8. The fourth-order valence-electron chi connectivity index (χ4n) is 8.27. The second-order valence-electron chi connectivity index (χ2n) is 22.4. The molecule has 0 saturated carbocycles. The van der Waals surface area contributed by atoms with Crippen molar-refractivity contribution < 1.29 is 42.1 Å². The summed E-state index contributed by atoms with van der Waals surface area (Å²) in [5, 5.41) is 0. The molecule has 0 spiro atoms. The fraction of sp³-hybridized carbons (Fsp3) is 0.595. The molecule has 2 unspecified atom stereocenters. The number of phosphoric ester groups is 1. The van der Waals surface area contributed by atoms with E-state index in [4.69, 9.17) is 18.5 Å². The van der Waals surface area contributed by atoms with Crippen LogP contribution in [0, 0.1) is 0 Å². The number of unbranched alkanes of at least 4 members (excludes halogenated alkanes) is 16. The summed E-state index contributed by atoms with van der Waals surface area (Å²) in [6.45, 7) is 4.16. The lowest BCUT2D eigenvalue weighted by atomic mass is 10.0. The highest BCUT2D eigenvalue weighted by molar-refractivity contribution is 7.47. The van der Waals surface area contributed by atoms with Gasteiger partial charge in [-0.2, -0.15) is 0 Å². The smallest absolute Gasteiger partial charge is 0.462 e. The van der Waals surface area contributed by atoms with Crippen molar-refractivity contribution in [1.29, 1.82) is 0 Å². The van der Waals surface area contributed by atoms with Crippen LogP contribution in [-0.4, -0.2) is 74.9 Å². The van der Waals surface area contributed by atoms with E-state index in [1.165, 1.54) is 44.9 Å². The predicted molar refractivity (Wildman–Crippen MR) is 362 cm³/mol. The molecule has 1 N–H and O–H groups in total. The first kappa shape index (κ1) is 79.4. The quantitative estimate of drug-likeness (QED) is 0.0211. The van der Waals surface area contributed by atoms with Gasteiger partial charge in [-0.3, -0.25) is 18.6 Å². The third kappa shape index (κ3) is 66.5. The van der Waals surface area contributed by atoms with Crippen LogP contribution < -0.4 is 0 Å². The molecule has 0 bridgehead atoms.